The molecule has 2 atom stereocenters. The smallest absolute Gasteiger partial charge is 0.0627 e. The van der Waals surface area contributed by atoms with Crippen LogP contribution in [-0.4, -0.2) is 35.0 Å². The van der Waals surface area contributed by atoms with Gasteiger partial charge in [0.05, 0.1) is 5.71 Å². The first-order valence-electron chi connectivity index (χ1n) is 6.69. The Bertz CT molecular complexity index is 402. The van der Waals surface area contributed by atoms with Gasteiger partial charge in [0.15, 0.2) is 0 Å². The quantitative estimate of drug-likeness (QED) is 0.657. The highest BCUT2D eigenvalue weighted by Gasteiger charge is 2.27. The lowest BCUT2D eigenvalue weighted by Gasteiger charge is -2.37. The average molecular weight is 246 g/mol. The van der Waals surface area contributed by atoms with Crippen LogP contribution < -0.4 is 0 Å². The number of oxime groups is 1. The predicted octanol–water partition coefficient (Wildman–Crippen LogP) is 2.79. The van der Waals surface area contributed by atoms with Crippen LogP contribution in [0.1, 0.15) is 25.8 Å². The zero-order valence-electron chi connectivity index (χ0n) is 11.2. The molecule has 0 saturated carbocycles. The molecule has 0 spiro atoms. The molecule has 98 valence electrons. The maximum atomic E-state index is 8.94. The first-order valence-corrected chi connectivity index (χ1v) is 6.69. The summed E-state index contributed by atoms with van der Waals surface area (Å²) in [4.78, 5) is 2.49. The molecule has 1 heterocycles. The fourth-order valence-corrected chi connectivity index (χ4v) is 2.64. The lowest BCUT2D eigenvalue weighted by molar-refractivity contribution is 0.178. The molecule has 0 radical (unpaired) electrons. The molecule has 1 fully saturated rings. The molecular weight excluding hydrogens is 224 g/mol. The van der Waals surface area contributed by atoms with Crippen molar-refractivity contribution in [1.82, 2.24) is 4.90 Å². The van der Waals surface area contributed by atoms with E-state index in [1.807, 2.05) is 0 Å². The summed E-state index contributed by atoms with van der Waals surface area (Å²) in [6.45, 7) is 6.42. The SMILES string of the molecule is C[C@@H]1CN(CCc2ccccc2)[C@H](C)C/C1=N\O. The van der Waals surface area contributed by atoms with Crippen LogP contribution >= 0.6 is 0 Å². The Morgan fingerprint density at radius 2 is 2.00 bits per heavy atom. The summed E-state index contributed by atoms with van der Waals surface area (Å²) in [6, 6.07) is 11.1. The molecule has 0 aliphatic carbocycles. The van der Waals surface area contributed by atoms with Crippen molar-refractivity contribution >= 4 is 5.71 Å². The fraction of sp³-hybridized carbons (Fsp3) is 0.533. The van der Waals surface area contributed by atoms with Crippen molar-refractivity contribution in [2.75, 3.05) is 13.1 Å². The van der Waals surface area contributed by atoms with E-state index in [4.69, 9.17) is 5.21 Å². The Morgan fingerprint density at radius 3 is 2.67 bits per heavy atom. The summed E-state index contributed by atoms with van der Waals surface area (Å²) in [7, 11) is 0. The molecule has 1 aliphatic rings. The zero-order chi connectivity index (χ0) is 13.0. The number of piperidine rings is 1. The lowest BCUT2D eigenvalue weighted by Crippen LogP contribution is -2.46. The molecule has 0 unspecified atom stereocenters. The van der Waals surface area contributed by atoms with Crippen LogP contribution in [0.3, 0.4) is 0 Å². The maximum absolute atomic E-state index is 8.94. The first-order chi connectivity index (χ1) is 8.70. The van der Waals surface area contributed by atoms with Crippen LogP contribution in [0.2, 0.25) is 0 Å². The van der Waals surface area contributed by atoms with Gasteiger partial charge in [0.1, 0.15) is 0 Å². The minimum Gasteiger partial charge on any atom is -0.411 e. The highest BCUT2D eigenvalue weighted by atomic mass is 16.4. The molecule has 0 bridgehead atoms. The van der Waals surface area contributed by atoms with Gasteiger partial charge in [-0.1, -0.05) is 42.4 Å². The van der Waals surface area contributed by atoms with Gasteiger partial charge in [-0.15, -0.1) is 0 Å². The number of hydrogen-bond donors (Lipinski definition) is 1. The minimum atomic E-state index is 0.363. The fourth-order valence-electron chi connectivity index (χ4n) is 2.64. The Morgan fingerprint density at radius 1 is 1.28 bits per heavy atom. The first kappa shape index (κ1) is 13.1. The summed E-state index contributed by atoms with van der Waals surface area (Å²) >= 11 is 0. The number of likely N-dealkylation sites (tertiary alicyclic amines) is 1. The van der Waals surface area contributed by atoms with Gasteiger partial charge >= 0.3 is 0 Å². The van der Waals surface area contributed by atoms with Crippen molar-refractivity contribution in [3.05, 3.63) is 35.9 Å². The van der Waals surface area contributed by atoms with E-state index >= 15 is 0 Å². The third-order valence-electron chi connectivity index (χ3n) is 3.86. The van der Waals surface area contributed by atoms with Crippen molar-refractivity contribution in [2.45, 2.75) is 32.7 Å². The molecule has 1 N–H and O–H groups in total. The van der Waals surface area contributed by atoms with Gasteiger partial charge in [-0.3, -0.25) is 4.90 Å². The standard InChI is InChI=1S/C15H22N2O/c1-12-11-17(13(2)10-15(12)16-18)9-8-14-6-4-3-5-7-14/h3-7,12-13,18H,8-11H2,1-2H3/b16-15+/t12-,13-/m1/s1. The van der Waals surface area contributed by atoms with Crippen molar-refractivity contribution in [3.8, 4) is 0 Å². The molecule has 0 aromatic heterocycles. The number of nitrogens with zero attached hydrogens (tertiary/aromatic N) is 2. The topological polar surface area (TPSA) is 35.8 Å². The predicted molar refractivity (Wildman–Crippen MR) is 74.2 cm³/mol. The summed E-state index contributed by atoms with van der Waals surface area (Å²) in [6.07, 6.45) is 1.97. The van der Waals surface area contributed by atoms with E-state index in [0.717, 1.165) is 31.6 Å². The van der Waals surface area contributed by atoms with Crippen molar-refractivity contribution in [1.29, 1.82) is 0 Å². The second-order valence-corrected chi connectivity index (χ2v) is 5.28. The highest BCUT2D eigenvalue weighted by Crippen LogP contribution is 2.20. The van der Waals surface area contributed by atoms with Gasteiger partial charge in [0, 0.05) is 31.5 Å². The highest BCUT2D eigenvalue weighted by molar-refractivity contribution is 5.87. The van der Waals surface area contributed by atoms with E-state index < -0.39 is 0 Å². The molecule has 1 aromatic carbocycles. The van der Waals surface area contributed by atoms with E-state index in [1.54, 1.807) is 0 Å². The van der Waals surface area contributed by atoms with E-state index in [1.165, 1.54) is 5.56 Å². The van der Waals surface area contributed by atoms with Crippen LogP contribution in [0.25, 0.3) is 0 Å². The van der Waals surface area contributed by atoms with Crippen LogP contribution in [0.5, 0.6) is 0 Å². The lowest BCUT2D eigenvalue weighted by atomic mass is 9.92. The molecule has 3 heteroatoms. The monoisotopic (exact) mass is 246 g/mol. The molecule has 1 saturated heterocycles. The third-order valence-corrected chi connectivity index (χ3v) is 3.86. The van der Waals surface area contributed by atoms with Crippen molar-refractivity contribution in [2.24, 2.45) is 11.1 Å². The van der Waals surface area contributed by atoms with E-state index in [-0.39, 0.29) is 0 Å². The van der Waals surface area contributed by atoms with Crippen LogP contribution in [0.15, 0.2) is 35.5 Å². The van der Waals surface area contributed by atoms with Gasteiger partial charge in [0.25, 0.3) is 0 Å². The van der Waals surface area contributed by atoms with Gasteiger partial charge in [0.2, 0.25) is 0 Å². The molecule has 0 amide bonds. The van der Waals surface area contributed by atoms with Crippen LogP contribution in [0.4, 0.5) is 0 Å². The van der Waals surface area contributed by atoms with Gasteiger partial charge < -0.3 is 5.21 Å². The van der Waals surface area contributed by atoms with E-state index in [2.05, 4.69) is 54.2 Å². The maximum Gasteiger partial charge on any atom is 0.0627 e. The summed E-state index contributed by atoms with van der Waals surface area (Å²) in [5, 5.41) is 12.4. The molecule has 18 heavy (non-hydrogen) atoms. The Labute approximate surface area is 109 Å². The van der Waals surface area contributed by atoms with Crippen molar-refractivity contribution < 1.29 is 5.21 Å². The number of rotatable bonds is 3. The zero-order valence-corrected chi connectivity index (χ0v) is 11.2. The molecule has 3 nitrogen and oxygen atoms in total. The van der Waals surface area contributed by atoms with Crippen molar-refractivity contribution in [3.63, 3.8) is 0 Å². The Kier molecular flexibility index (Phi) is 4.37. The average Bonchev–Trinajstić information content (AvgIpc) is 2.40. The number of hydrogen-bond acceptors (Lipinski definition) is 3. The summed E-state index contributed by atoms with van der Waals surface area (Å²) < 4.78 is 0. The largest absolute Gasteiger partial charge is 0.411 e. The summed E-state index contributed by atoms with van der Waals surface area (Å²) in [5.74, 6) is 0.363. The molecule has 2 rings (SSSR count). The number of benzene rings is 1. The Balaban J connectivity index is 1.90. The molecule has 1 aromatic rings. The van der Waals surface area contributed by atoms with Crippen LogP contribution in [-0.2, 0) is 6.42 Å². The van der Waals surface area contributed by atoms with Gasteiger partial charge in [-0.05, 0) is 18.9 Å². The van der Waals surface area contributed by atoms with E-state index in [0.29, 0.717) is 12.0 Å². The summed E-state index contributed by atoms with van der Waals surface area (Å²) in [5.41, 5.74) is 2.33. The van der Waals surface area contributed by atoms with Gasteiger partial charge in [-0.2, -0.15) is 0 Å². The minimum absolute atomic E-state index is 0.363. The molecular formula is C15H22N2O. The third kappa shape index (κ3) is 3.10. The second-order valence-electron chi connectivity index (χ2n) is 5.28. The van der Waals surface area contributed by atoms with E-state index in [9.17, 15) is 0 Å². The molecule has 1 aliphatic heterocycles. The van der Waals surface area contributed by atoms with Gasteiger partial charge in [-0.25, -0.2) is 0 Å². The normalized spacial score (nSPS) is 27.6. The van der Waals surface area contributed by atoms with Crippen LogP contribution in [0, 0.1) is 5.92 Å². The second kappa shape index (κ2) is 6.01. The Hall–Kier alpha value is -1.35.